The molecule has 0 aromatic heterocycles. The molecule has 0 atom stereocenters. The summed E-state index contributed by atoms with van der Waals surface area (Å²) in [5.41, 5.74) is 1.14. The van der Waals surface area contributed by atoms with Crippen molar-refractivity contribution in [1.82, 2.24) is 5.06 Å². The van der Waals surface area contributed by atoms with Crippen LogP contribution in [0.25, 0.3) is 0 Å². The molecule has 0 bridgehead atoms. The van der Waals surface area contributed by atoms with Crippen LogP contribution in [0.3, 0.4) is 0 Å². The van der Waals surface area contributed by atoms with E-state index in [1.165, 1.54) is 32.1 Å². The molecular weight excluding hydrogens is 448 g/mol. The summed E-state index contributed by atoms with van der Waals surface area (Å²) in [6.07, 6.45) is 7.31. The summed E-state index contributed by atoms with van der Waals surface area (Å²) in [7, 11) is 0. The van der Waals surface area contributed by atoms with Crippen LogP contribution in [0, 0.1) is 0 Å². The van der Waals surface area contributed by atoms with Gasteiger partial charge in [0.1, 0.15) is 12.4 Å². The zero-order chi connectivity index (χ0) is 24.9. The zero-order valence-electron chi connectivity index (χ0n) is 20.1. The molecule has 2 aromatic rings. The molecule has 0 unspecified atom stereocenters. The van der Waals surface area contributed by atoms with Crippen molar-refractivity contribution in [2.75, 3.05) is 6.61 Å². The van der Waals surface area contributed by atoms with E-state index in [1.807, 2.05) is 24.3 Å². The van der Waals surface area contributed by atoms with E-state index in [0.29, 0.717) is 17.2 Å². The van der Waals surface area contributed by atoms with Crippen molar-refractivity contribution >= 4 is 23.5 Å². The molecule has 0 spiro atoms. The highest BCUT2D eigenvalue weighted by molar-refractivity contribution is 6.43. The van der Waals surface area contributed by atoms with Gasteiger partial charge in [0.05, 0.1) is 6.61 Å². The smallest absolute Gasteiger partial charge is 0.386 e. The fourth-order valence-corrected chi connectivity index (χ4v) is 3.51. The number of benzene rings is 2. The van der Waals surface area contributed by atoms with E-state index < -0.39 is 17.8 Å². The van der Waals surface area contributed by atoms with Gasteiger partial charge in [-0.2, -0.15) is 0 Å². The summed E-state index contributed by atoms with van der Waals surface area (Å²) in [5.74, 6) is -1.27. The van der Waals surface area contributed by atoms with Crippen LogP contribution in [0.4, 0.5) is 0 Å². The third-order valence-corrected chi connectivity index (χ3v) is 5.50. The number of carbonyl (C=O) groups is 3. The lowest BCUT2D eigenvalue weighted by Crippen LogP contribution is -2.35. The first-order valence-electron chi connectivity index (χ1n) is 12.1. The van der Waals surface area contributed by atoms with Crippen molar-refractivity contribution in [1.29, 1.82) is 0 Å². The van der Waals surface area contributed by atoms with Crippen molar-refractivity contribution in [2.45, 2.75) is 64.9 Å². The fourth-order valence-electron chi connectivity index (χ4n) is 3.51. The average Bonchev–Trinajstić information content (AvgIpc) is 3.19. The molecule has 186 valence electrons. The standard InChI is InChI=1S/C27H32N2O6/c1-2-3-4-5-6-10-19-33-23-15-13-21(14-16-23)20-34-28-26(22-11-8-7-9-12-22)27(32)35-29-24(30)17-18-25(29)31/h7-9,11-16H,2-6,10,17-20H2,1H3/b28-26+. The third-order valence-electron chi connectivity index (χ3n) is 5.50. The van der Waals surface area contributed by atoms with Crippen molar-refractivity contribution in [3.05, 3.63) is 65.7 Å². The van der Waals surface area contributed by atoms with E-state index in [-0.39, 0.29) is 25.2 Å². The van der Waals surface area contributed by atoms with Crippen LogP contribution in [0.2, 0.25) is 0 Å². The molecule has 1 saturated heterocycles. The quantitative estimate of drug-likeness (QED) is 0.164. The summed E-state index contributed by atoms with van der Waals surface area (Å²) < 4.78 is 5.79. The Morgan fingerprint density at radius 1 is 0.886 bits per heavy atom. The van der Waals surface area contributed by atoms with Gasteiger partial charge in [-0.3, -0.25) is 9.59 Å². The number of unbranched alkanes of at least 4 members (excludes halogenated alkanes) is 5. The number of carbonyl (C=O) groups excluding carboxylic acids is 3. The van der Waals surface area contributed by atoms with Gasteiger partial charge in [-0.25, -0.2) is 4.79 Å². The van der Waals surface area contributed by atoms with Gasteiger partial charge < -0.3 is 14.4 Å². The molecule has 0 N–H and O–H groups in total. The molecule has 0 aliphatic carbocycles. The van der Waals surface area contributed by atoms with Crippen molar-refractivity contribution in [2.24, 2.45) is 5.16 Å². The first-order valence-corrected chi connectivity index (χ1v) is 12.1. The predicted molar refractivity (Wildman–Crippen MR) is 130 cm³/mol. The summed E-state index contributed by atoms with van der Waals surface area (Å²) in [6.45, 7) is 3.02. The SMILES string of the molecule is CCCCCCCCOc1ccc(CO/N=C(/C(=O)ON2C(=O)CCC2=O)c2ccccc2)cc1. The maximum atomic E-state index is 12.7. The van der Waals surface area contributed by atoms with Crippen molar-refractivity contribution in [3.8, 4) is 5.75 Å². The second-order valence-electron chi connectivity index (χ2n) is 8.30. The molecule has 1 heterocycles. The lowest BCUT2D eigenvalue weighted by molar-refractivity contribution is -0.192. The van der Waals surface area contributed by atoms with Crippen molar-refractivity contribution in [3.63, 3.8) is 0 Å². The molecular formula is C27H32N2O6. The average molecular weight is 481 g/mol. The monoisotopic (exact) mass is 480 g/mol. The Balaban J connectivity index is 1.53. The van der Waals surface area contributed by atoms with E-state index in [1.54, 1.807) is 30.3 Å². The number of nitrogens with zero attached hydrogens (tertiary/aromatic N) is 2. The van der Waals surface area contributed by atoms with Crippen LogP contribution >= 0.6 is 0 Å². The second-order valence-corrected chi connectivity index (χ2v) is 8.30. The zero-order valence-corrected chi connectivity index (χ0v) is 20.1. The normalized spacial score (nSPS) is 13.7. The Morgan fingerprint density at radius 2 is 1.54 bits per heavy atom. The number of oxime groups is 1. The maximum Gasteiger partial charge on any atom is 0.386 e. The van der Waals surface area contributed by atoms with E-state index >= 15 is 0 Å². The summed E-state index contributed by atoms with van der Waals surface area (Å²) in [6, 6.07) is 16.1. The molecule has 1 aliphatic heterocycles. The number of amides is 2. The van der Waals surface area contributed by atoms with E-state index in [4.69, 9.17) is 14.4 Å². The number of imide groups is 1. The van der Waals surface area contributed by atoms with Gasteiger partial charge in [0.2, 0.25) is 0 Å². The Kier molecular flexibility index (Phi) is 10.3. The van der Waals surface area contributed by atoms with Gasteiger partial charge in [-0.1, -0.05) is 86.6 Å². The van der Waals surface area contributed by atoms with Gasteiger partial charge >= 0.3 is 5.97 Å². The summed E-state index contributed by atoms with van der Waals surface area (Å²) in [4.78, 5) is 46.7. The predicted octanol–water partition coefficient (Wildman–Crippen LogP) is 4.95. The van der Waals surface area contributed by atoms with Gasteiger partial charge in [0.15, 0.2) is 5.71 Å². The maximum absolute atomic E-state index is 12.7. The molecule has 8 heteroatoms. The van der Waals surface area contributed by atoms with Gasteiger partial charge in [-0.05, 0) is 24.1 Å². The van der Waals surface area contributed by atoms with Crippen LogP contribution < -0.4 is 4.74 Å². The molecule has 2 amide bonds. The molecule has 35 heavy (non-hydrogen) atoms. The number of rotatable bonds is 14. The Morgan fingerprint density at radius 3 is 2.23 bits per heavy atom. The molecule has 2 aromatic carbocycles. The fraction of sp³-hybridized carbons (Fsp3) is 0.407. The largest absolute Gasteiger partial charge is 0.494 e. The van der Waals surface area contributed by atoms with Gasteiger partial charge in [0.25, 0.3) is 11.8 Å². The van der Waals surface area contributed by atoms with E-state index in [9.17, 15) is 14.4 Å². The summed E-state index contributed by atoms with van der Waals surface area (Å²) >= 11 is 0. The topological polar surface area (TPSA) is 94.5 Å². The van der Waals surface area contributed by atoms with Gasteiger partial charge in [0, 0.05) is 18.4 Å². The minimum Gasteiger partial charge on any atom is -0.494 e. The second kappa shape index (κ2) is 13.9. The molecule has 1 aliphatic rings. The Bertz CT molecular complexity index is 988. The molecule has 3 rings (SSSR count). The molecule has 8 nitrogen and oxygen atoms in total. The molecule has 0 radical (unpaired) electrons. The van der Waals surface area contributed by atoms with Crippen LogP contribution in [0.5, 0.6) is 5.75 Å². The van der Waals surface area contributed by atoms with Crippen LogP contribution in [0.15, 0.2) is 59.8 Å². The highest BCUT2D eigenvalue weighted by atomic mass is 16.7. The van der Waals surface area contributed by atoms with Crippen LogP contribution in [-0.2, 0) is 30.7 Å². The number of hydroxylamine groups is 2. The first kappa shape index (κ1) is 25.9. The number of hydrogen-bond acceptors (Lipinski definition) is 7. The summed E-state index contributed by atoms with van der Waals surface area (Å²) in [5, 5.41) is 4.45. The molecule has 0 saturated carbocycles. The lowest BCUT2D eigenvalue weighted by Gasteiger charge is -2.13. The number of ether oxygens (including phenoxy) is 1. The number of hydrogen-bond donors (Lipinski definition) is 0. The highest BCUT2D eigenvalue weighted by Gasteiger charge is 2.34. The Hall–Kier alpha value is -3.68. The van der Waals surface area contributed by atoms with E-state index in [2.05, 4.69) is 12.1 Å². The van der Waals surface area contributed by atoms with E-state index in [0.717, 1.165) is 17.7 Å². The highest BCUT2D eigenvalue weighted by Crippen LogP contribution is 2.16. The third kappa shape index (κ3) is 8.24. The Labute approximate surface area is 205 Å². The van der Waals surface area contributed by atoms with Crippen LogP contribution in [-0.4, -0.2) is 35.2 Å². The minimum absolute atomic E-state index is 0.0130. The lowest BCUT2D eigenvalue weighted by atomic mass is 10.1. The first-order chi connectivity index (χ1) is 17.1. The minimum atomic E-state index is -0.946. The molecule has 1 fully saturated rings. The van der Waals surface area contributed by atoms with Crippen molar-refractivity contribution < 1.29 is 28.8 Å². The van der Waals surface area contributed by atoms with Crippen LogP contribution in [0.1, 0.15) is 69.4 Å². The van der Waals surface area contributed by atoms with Gasteiger partial charge in [-0.15, -0.1) is 5.06 Å².